The Balaban J connectivity index is 1.88. The third kappa shape index (κ3) is 4.42. The van der Waals surface area contributed by atoms with Crippen LogP contribution in [0.4, 0.5) is 0 Å². The maximum Gasteiger partial charge on any atom is 0.243 e. The van der Waals surface area contributed by atoms with Gasteiger partial charge in [0.15, 0.2) is 11.5 Å². The number of hydrogen-bond donors (Lipinski definition) is 0. The van der Waals surface area contributed by atoms with Gasteiger partial charge in [0.05, 0.1) is 31.1 Å². The van der Waals surface area contributed by atoms with Crippen LogP contribution in [0.1, 0.15) is 13.8 Å². The van der Waals surface area contributed by atoms with Gasteiger partial charge in [-0.05, 0) is 50.2 Å². The summed E-state index contributed by atoms with van der Waals surface area (Å²) in [4.78, 5) is 0.189. The Morgan fingerprint density at radius 1 is 0.688 bits per heavy atom. The molecule has 2 aromatic carbocycles. The van der Waals surface area contributed by atoms with E-state index in [-0.39, 0.29) is 22.9 Å². The van der Waals surface area contributed by atoms with Crippen LogP contribution in [0.5, 0.6) is 17.2 Å². The highest BCUT2D eigenvalue weighted by Gasteiger charge is 2.42. The molecule has 176 valence electrons. The maximum atomic E-state index is 13.4. The van der Waals surface area contributed by atoms with Crippen LogP contribution in [-0.4, -0.2) is 71.9 Å². The minimum absolute atomic E-state index is 0.0211. The molecule has 0 amide bonds. The number of rotatable bonds is 7. The first kappa shape index (κ1) is 24.3. The van der Waals surface area contributed by atoms with Crippen molar-refractivity contribution >= 4 is 20.0 Å². The van der Waals surface area contributed by atoms with E-state index in [1.807, 2.05) is 0 Å². The lowest BCUT2D eigenvalue weighted by molar-refractivity contribution is 0.163. The molecular formula is C21H28N2O7S2. The van der Waals surface area contributed by atoms with Crippen molar-refractivity contribution in [3.8, 4) is 17.2 Å². The van der Waals surface area contributed by atoms with Crippen molar-refractivity contribution in [2.24, 2.45) is 0 Å². The van der Waals surface area contributed by atoms with E-state index >= 15 is 0 Å². The average molecular weight is 485 g/mol. The molecular weight excluding hydrogens is 456 g/mol. The zero-order chi connectivity index (χ0) is 23.7. The Morgan fingerprint density at radius 3 is 1.62 bits per heavy atom. The molecule has 3 rings (SSSR count). The number of benzene rings is 2. The van der Waals surface area contributed by atoms with E-state index in [1.54, 1.807) is 26.0 Å². The molecule has 0 radical (unpaired) electrons. The maximum absolute atomic E-state index is 13.4. The number of methoxy groups -OCH3 is 3. The van der Waals surface area contributed by atoms with Crippen molar-refractivity contribution in [1.29, 1.82) is 0 Å². The van der Waals surface area contributed by atoms with Gasteiger partial charge in [0.2, 0.25) is 20.0 Å². The highest BCUT2D eigenvalue weighted by Crippen LogP contribution is 2.33. The van der Waals surface area contributed by atoms with E-state index in [1.165, 1.54) is 60.3 Å². The van der Waals surface area contributed by atoms with Crippen molar-refractivity contribution in [2.75, 3.05) is 34.4 Å². The minimum Gasteiger partial charge on any atom is -0.497 e. The van der Waals surface area contributed by atoms with Crippen LogP contribution in [0.3, 0.4) is 0 Å². The Hall–Kier alpha value is -2.34. The van der Waals surface area contributed by atoms with Crippen molar-refractivity contribution in [3.05, 3.63) is 42.5 Å². The SMILES string of the molecule is COc1ccc(S(=O)(=O)N2C[C@H](C)N(S(=O)(=O)c3ccc(OC)c(OC)c3)C[C@@H]2C)cc1. The van der Waals surface area contributed by atoms with Crippen LogP contribution in [0.15, 0.2) is 52.3 Å². The molecule has 11 heteroatoms. The summed E-state index contributed by atoms with van der Waals surface area (Å²) in [7, 11) is -3.28. The zero-order valence-corrected chi connectivity index (χ0v) is 20.3. The number of hydrogen-bond acceptors (Lipinski definition) is 7. The molecule has 0 saturated carbocycles. The number of sulfonamides is 2. The van der Waals surface area contributed by atoms with Gasteiger partial charge in [0.1, 0.15) is 5.75 Å². The molecule has 1 aliphatic rings. The number of piperazine rings is 1. The third-order valence-electron chi connectivity index (χ3n) is 5.50. The third-order valence-corrected chi connectivity index (χ3v) is 9.47. The highest BCUT2D eigenvalue weighted by atomic mass is 32.2. The van der Waals surface area contributed by atoms with E-state index in [0.29, 0.717) is 17.2 Å². The Kier molecular flexibility index (Phi) is 7.03. The summed E-state index contributed by atoms with van der Waals surface area (Å²) in [5, 5.41) is 0. The second-order valence-electron chi connectivity index (χ2n) is 7.54. The van der Waals surface area contributed by atoms with Crippen LogP contribution < -0.4 is 14.2 Å². The van der Waals surface area contributed by atoms with Gasteiger partial charge in [-0.15, -0.1) is 0 Å². The Bertz CT molecular complexity index is 1170. The van der Waals surface area contributed by atoms with Gasteiger partial charge in [0, 0.05) is 31.2 Å². The lowest BCUT2D eigenvalue weighted by Crippen LogP contribution is -2.59. The second kappa shape index (κ2) is 9.26. The Labute approximate surface area is 189 Å². The fraction of sp³-hybridized carbons (Fsp3) is 0.429. The van der Waals surface area contributed by atoms with E-state index in [2.05, 4.69) is 0 Å². The molecule has 1 aliphatic heterocycles. The van der Waals surface area contributed by atoms with E-state index in [9.17, 15) is 16.8 Å². The summed E-state index contributed by atoms with van der Waals surface area (Å²) in [6, 6.07) is 9.39. The van der Waals surface area contributed by atoms with Crippen LogP contribution in [-0.2, 0) is 20.0 Å². The fourth-order valence-corrected chi connectivity index (χ4v) is 7.15. The highest BCUT2D eigenvalue weighted by molar-refractivity contribution is 7.89. The lowest BCUT2D eigenvalue weighted by atomic mass is 10.2. The fourth-order valence-electron chi connectivity index (χ4n) is 3.73. The molecule has 1 fully saturated rings. The van der Waals surface area contributed by atoms with Gasteiger partial charge >= 0.3 is 0 Å². The monoisotopic (exact) mass is 484 g/mol. The normalized spacial score (nSPS) is 20.7. The van der Waals surface area contributed by atoms with Crippen LogP contribution in [0.25, 0.3) is 0 Å². The van der Waals surface area contributed by atoms with Crippen molar-refractivity contribution in [1.82, 2.24) is 8.61 Å². The molecule has 9 nitrogen and oxygen atoms in total. The van der Waals surface area contributed by atoms with Gasteiger partial charge in [-0.25, -0.2) is 16.8 Å². The molecule has 2 atom stereocenters. The molecule has 0 spiro atoms. The summed E-state index contributed by atoms with van der Waals surface area (Å²) in [5.74, 6) is 1.27. The smallest absolute Gasteiger partial charge is 0.243 e. The molecule has 0 aromatic heterocycles. The van der Waals surface area contributed by atoms with Crippen molar-refractivity contribution in [2.45, 2.75) is 35.7 Å². The molecule has 32 heavy (non-hydrogen) atoms. The van der Waals surface area contributed by atoms with Gasteiger partial charge in [-0.3, -0.25) is 0 Å². The van der Waals surface area contributed by atoms with E-state index in [4.69, 9.17) is 14.2 Å². The first-order chi connectivity index (χ1) is 15.1. The first-order valence-corrected chi connectivity index (χ1v) is 12.8. The predicted molar refractivity (Wildman–Crippen MR) is 119 cm³/mol. The van der Waals surface area contributed by atoms with Crippen LogP contribution in [0, 0.1) is 0 Å². The quantitative estimate of drug-likeness (QED) is 0.594. The summed E-state index contributed by atoms with van der Waals surface area (Å²) >= 11 is 0. The first-order valence-electron chi connectivity index (χ1n) is 9.96. The molecule has 0 bridgehead atoms. The summed E-state index contributed by atoms with van der Waals surface area (Å²) in [6.07, 6.45) is 0. The Morgan fingerprint density at radius 2 is 1.16 bits per heavy atom. The van der Waals surface area contributed by atoms with Gasteiger partial charge in [-0.2, -0.15) is 8.61 Å². The molecule has 0 N–H and O–H groups in total. The summed E-state index contributed by atoms with van der Waals surface area (Å²) in [6.45, 7) is 3.44. The van der Waals surface area contributed by atoms with Crippen molar-refractivity contribution in [3.63, 3.8) is 0 Å². The predicted octanol–water partition coefficient (Wildman–Crippen LogP) is 2.18. The molecule has 1 saturated heterocycles. The topological polar surface area (TPSA) is 102 Å². The largest absolute Gasteiger partial charge is 0.497 e. The van der Waals surface area contributed by atoms with Crippen LogP contribution in [0.2, 0.25) is 0 Å². The number of nitrogens with zero attached hydrogens (tertiary/aromatic N) is 2. The standard InChI is InChI=1S/C21H28N2O7S2/c1-15-14-23(32(26,27)19-10-11-20(29-4)21(12-19)30-5)16(2)13-22(15)31(24,25)18-8-6-17(28-3)7-9-18/h6-12,15-16H,13-14H2,1-5H3/t15-,16-/m0/s1. The van der Waals surface area contributed by atoms with Gasteiger partial charge in [0.25, 0.3) is 0 Å². The second-order valence-corrected chi connectivity index (χ2v) is 11.3. The summed E-state index contributed by atoms with van der Waals surface area (Å²) < 4.78 is 71.3. The lowest BCUT2D eigenvalue weighted by Gasteiger charge is -2.42. The zero-order valence-electron chi connectivity index (χ0n) is 18.7. The molecule has 1 heterocycles. The van der Waals surface area contributed by atoms with Crippen molar-refractivity contribution < 1.29 is 31.0 Å². The number of ether oxygens (including phenoxy) is 3. The molecule has 0 aliphatic carbocycles. The van der Waals surface area contributed by atoms with E-state index < -0.39 is 32.1 Å². The molecule has 2 aromatic rings. The van der Waals surface area contributed by atoms with Gasteiger partial charge < -0.3 is 14.2 Å². The summed E-state index contributed by atoms with van der Waals surface area (Å²) in [5.41, 5.74) is 0. The average Bonchev–Trinajstić information content (AvgIpc) is 2.79. The minimum atomic E-state index is -3.88. The molecule has 0 unspecified atom stereocenters. The van der Waals surface area contributed by atoms with E-state index in [0.717, 1.165) is 0 Å². The van der Waals surface area contributed by atoms with Crippen LogP contribution >= 0.6 is 0 Å². The van der Waals surface area contributed by atoms with Gasteiger partial charge in [-0.1, -0.05) is 0 Å².